The van der Waals surface area contributed by atoms with Crippen molar-refractivity contribution in [3.05, 3.63) is 113 Å². The second-order valence-electron chi connectivity index (χ2n) is 7.98. The van der Waals surface area contributed by atoms with Crippen molar-refractivity contribution in [1.29, 1.82) is 0 Å². The molecule has 0 radical (unpaired) electrons. The molecule has 0 aliphatic heterocycles. The average molecular weight is 470 g/mol. The second kappa shape index (κ2) is 8.96. The molecular weight excluding hydrogens is 448 g/mol. The van der Waals surface area contributed by atoms with E-state index in [-0.39, 0.29) is 17.7 Å². The van der Waals surface area contributed by atoms with Gasteiger partial charge in [-0.2, -0.15) is 0 Å². The van der Waals surface area contributed by atoms with E-state index < -0.39 is 28.6 Å². The van der Waals surface area contributed by atoms with Gasteiger partial charge in [-0.1, -0.05) is 42.0 Å². The summed E-state index contributed by atoms with van der Waals surface area (Å²) in [7, 11) is 0. The number of halogens is 3. The summed E-state index contributed by atoms with van der Waals surface area (Å²) in [5.74, 6) is -2.84. The van der Waals surface area contributed by atoms with Crippen LogP contribution in [-0.4, -0.2) is 20.7 Å². The first-order valence-electron chi connectivity index (χ1n) is 10.3. The van der Waals surface area contributed by atoms with E-state index in [4.69, 9.17) is 16.3 Å². The largest absolute Gasteiger partial charge is 0.478 e. The number of aromatic nitrogens is 1. The predicted octanol–water partition coefficient (Wildman–Crippen LogP) is 6.43. The maximum Gasteiger partial charge on any atom is 0.336 e. The van der Waals surface area contributed by atoms with Crippen LogP contribution in [0, 0.1) is 25.5 Å². The van der Waals surface area contributed by atoms with Gasteiger partial charge in [0, 0.05) is 28.7 Å². The molecule has 2 atom stereocenters. The Bertz CT molecular complexity index is 1280. The fourth-order valence-electron chi connectivity index (χ4n) is 4.00. The zero-order valence-electron chi connectivity index (χ0n) is 18.1. The summed E-state index contributed by atoms with van der Waals surface area (Å²) in [6.45, 7) is 3.51. The Hall–Kier alpha value is -3.22. The maximum absolute atomic E-state index is 14.1. The smallest absolute Gasteiger partial charge is 0.336 e. The van der Waals surface area contributed by atoms with Gasteiger partial charge in [0.05, 0.1) is 18.1 Å². The van der Waals surface area contributed by atoms with E-state index in [1.54, 1.807) is 31.2 Å². The Balaban J connectivity index is 1.71. The summed E-state index contributed by atoms with van der Waals surface area (Å²) in [6.07, 6.45) is 7.16. The van der Waals surface area contributed by atoms with E-state index in [2.05, 4.69) is 0 Å². The summed E-state index contributed by atoms with van der Waals surface area (Å²) >= 11 is 6.92. The van der Waals surface area contributed by atoms with Crippen molar-refractivity contribution in [2.75, 3.05) is 0 Å². The molecule has 1 aliphatic carbocycles. The fourth-order valence-corrected chi connectivity index (χ4v) is 4.31. The van der Waals surface area contributed by atoms with E-state index in [0.29, 0.717) is 11.3 Å². The molecular formula is C26H22ClF2NO3. The molecule has 2 aromatic carbocycles. The molecule has 33 heavy (non-hydrogen) atoms. The van der Waals surface area contributed by atoms with Gasteiger partial charge in [-0.05, 0) is 55.8 Å². The Labute approximate surface area is 195 Å². The van der Waals surface area contributed by atoms with Crippen LogP contribution in [-0.2, 0) is 11.3 Å². The van der Waals surface area contributed by atoms with Crippen LogP contribution in [0.25, 0.3) is 5.69 Å². The highest BCUT2D eigenvalue weighted by molar-refractivity contribution is 6.25. The van der Waals surface area contributed by atoms with Gasteiger partial charge in [-0.15, -0.1) is 0 Å². The van der Waals surface area contributed by atoms with Crippen molar-refractivity contribution in [3.63, 3.8) is 0 Å². The van der Waals surface area contributed by atoms with Gasteiger partial charge in [0.1, 0.15) is 11.6 Å². The summed E-state index contributed by atoms with van der Waals surface area (Å²) < 4.78 is 35.3. The fraction of sp³-hybridized carbons (Fsp3) is 0.192. The number of ether oxygens (including phenoxy) is 1. The van der Waals surface area contributed by atoms with Crippen molar-refractivity contribution >= 4 is 17.6 Å². The highest BCUT2D eigenvalue weighted by Crippen LogP contribution is 2.42. The van der Waals surface area contributed by atoms with Gasteiger partial charge in [-0.25, -0.2) is 13.6 Å². The normalized spacial score (nSPS) is 19.7. The van der Waals surface area contributed by atoms with E-state index in [1.807, 2.05) is 41.8 Å². The summed E-state index contributed by atoms with van der Waals surface area (Å²) in [5.41, 5.74) is 3.41. The molecule has 7 heteroatoms. The molecule has 1 N–H and O–H groups in total. The minimum absolute atomic E-state index is 0.155. The number of carbonyl (C=O) groups is 1. The van der Waals surface area contributed by atoms with Crippen molar-refractivity contribution in [2.45, 2.75) is 31.4 Å². The average Bonchev–Trinajstić information content (AvgIpc) is 3.14. The van der Waals surface area contributed by atoms with Crippen molar-refractivity contribution in [3.8, 4) is 5.69 Å². The third kappa shape index (κ3) is 4.49. The lowest BCUT2D eigenvalue weighted by atomic mass is 9.93. The predicted molar refractivity (Wildman–Crippen MR) is 123 cm³/mol. The second-order valence-corrected chi connectivity index (χ2v) is 8.57. The quantitative estimate of drug-likeness (QED) is 0.423. The minimum atomic E-state index is -1.33. The topological polar surface area (TPSA) is 51.5 Å². The van der Waals surface area contributed by atoms with Crippen LogP contribution in [0.1, 0.15) is 38.8 Å². The van der Waals surface area contributed by atoms with Crippen LogP contribution in [0.2, 0.25) is 0 Å². The Morgan fingerprint density at radius 3 is 2.64 bits per heavy atom. The SMILES string of the molecule is Cc1ccc(-n2c(C)ccc2C2C=CC=CC2(Cl)OCc2ccc(F)cc2F)cc1C(=O)O. The first kappa shape index (κ1) is 23.0. The van der Waals surface area contributed by atoms with Crippen LogP contribution in [0.15, 0.2) is 72.8 Å². The molecule has 0 saturated carbocycles. The van der Waals surface area contributed by atoms with Gasteiger partial charge < -0.3 is 14.4 Å². The van der Waals surface area contributed by atoms with Gasteiger partial charge in [0.25, 0.3) is 0 Å². The van der Waals surface area contributed by atoms with Crippen LogP contribution in [0.3, 0.4) is 0 Å². The Morgan fingerprint density at radius 2 is 1.91 bits per heavy atom. The molecule has 0 fully saturated rings. The lowest BCUT2D eigenvalue weighted by Crippen LogP contribution is -2.33. The van der Waals surface area contributed by atoms with Crippen molar-refractivity contribution in [1.82, 2.24) is 4.57 Å². The zero-order chi connectivity index (χ0) is 23.8. The molecule has 4 nitrogen and oxygen atoms in total. The number of aryl methyl sites for hydroxylation is 2. The number of aromatic carboxylic acids is 1. The van der Waals surface area contributed by atoms with Crippen LogP contribution in [0.5, 0.6) is 0 Å². The molecule has 0 bridgehead atoms. The number of rotatable bonds is 6. The first-order chi connectivity index (χ1) is 15.7. The van der Waals surface area contributed by atoms with Crippen LogP contribution >= 0.6 is 11.6 Å². The van der Waals surface area contributed by atoms with Crippen molar-refractivity contribution < 1.29 is 23.4 Å². The molecule has 170 valence electrons. The third-order valence-electron chi connectivity index (χ3n) is 5.76. The summed E-state index contributed by atoms with van der Waals surface area (Å²) in [4.78, 5) is 11.7. The van der Waals surface area contributed by atoms with Gasteiger partial charge in [-0.3, -0.25) is 0 Å². The number of benzene rings is 2. The first-order valence-corrected chi connectivity index (χ1v) is 10.7. The Morgan fingerprint density at radius 1 is 1.12 bits per heavy atom. The highest BCUT2D eigenvalue weighted by atomic mass is 35.5. The summed E-state index contributed by atoms with van der Waals surface area (Å²) in [6, 6.07) is 12.4. The molecule has 0 saturated heterocycles. The molecule has 0 spiro atoms. The van der Waals surface area contributed by atoms with Gasteiger partial charge >= 0.3 is 5.97 Å². The van der Waals surface area contributed by atoms with E-state index in [1.165, 1.54) is 12.1 Å². The summed E-state index contributed by atoms with van der Waals surface area (Å²) in [5, 5.41) is 8.22. The monoisotopic (exact) mass is 469 g/mol. The Kier molecular flexibility index (Phi) is 6.23. The highest BCUT2D eigenvalue weighted by Gasteiger charge is 2.39. The van der Waals surface area contributed by atoms with E-state index >= 15 is 0 Å². The number of carboxylic acid groups (broad SMARTS) is 1. The molecule has 0 amide bonds. The van der Waals surface area contributed by atoms with E-state index in [9.17, 15) is 18.7 Å². The zero-order valence-corrected chi connectivity index (χ0v) is 18.8. The lowest BCUT2D eigenvalue weighted by molar-refractivity contribution is 0.0277. The van der Waals surface area contributed by atoms with Gasteiger partial charge in [0.2, 0.25) is 0 Å². The van der Waals surface area contributed by atoms with Crippen molar-refractivity contribution in [2.24, 2.45) is 0 Å². The maximum atomic E-state index is 14.1. The molecule has 1 aliphatic rings. The van der Waals surface area contributed by atoms with Crippen LogP contribution < -0.4 is 0 Å². The number of hydrogen-bond donors (Lipinski definition) is 1. The molecule has 4 rings (SSSR count). The van der Waals surface area contributed by atoms with Crippen LogP contribution in [0.4, 0.5) is 8.78 Å². The number of hydrogen-bond acceptors (Lipinski definition) is 2. The standard InChI is InChI=1S/C26H22ClF2NO3/c1-16-6-10-20(14-21(16)25(31)32)30-17(2)7-11-24(30)22-5-3-4-12-26(22,27)33-15-18-8-9-19(28)13-23(18)29/h3-14,22H,15H2,1-2H3,(H,31,32). The molecule has 3 aromatic rings. The number of alkyl halides is 1. The number of allylic oxidation sites excluding steroid dienone is 2. The molecule has 1 aromatic heterocycles. The molecule has 1 heterocycles. The van der Waals surface area contributed by atoms with E-state index in [0.717, 1.165) is 17.5 Å². The number of nitrogens with zero attached hydrogens (tertiary/aromatic N) is 1. The molecule has 2 unspecified atom stereocenters. The number of carboxylic acids is 1. The third-order valence-corrected chi connectivity index (χ3v) is 6.23. The van der Waals surface area contributed by atoms with Gasteiger partial charge in [0.15, 0.2) is 5.06 Å². The minimum Gasteiger partial charge on any atom is -0.478 e. The lowest BCUT2D eigenvalue weighted by Gasteiger charge is -2.34.